The molecule has 10 heteroatoms. The van der Waals surface area contributed by atoms with Gasteiger partial charge in [-0.15, -0.1) is 0 Å². The Balaban J connectivity index is 2.06. The average Bonchev–Trinajstić information content (AvgIpc) is 2.87. The highest BCUT2D eigenvalue weighted by molar-refractivity contribution is 7.92. The number of hydrogen-bond donors (Lipinski definition) is 2. The molecule has 1 aliphatic rings. The number of anilines is 1. The van der Waals surface area contributed by atoms with Crippen LogP contribution in [0.3, 0.4) is 0 Å². The number of fused-ring (bicyclic) bond motifs is 1. The van der Waals surface area contributed by atoms with Gasteiger partial charge in [0.05, 0.1) is 17.5 Å². The molecule has 0 fully saturated rings. The van der Waals surface area contributed by atoms with Crippen LogP contribution in [0.2, 0.25) is 0 Å². The van der Waals surface area contributed by atoms with E-state index in [1.807, 2.05) is 0 Å². The molecule has 0 unspecified atom stereocenters. The molecule has 2 atom stereocenters. The summed E-state index contributed by atoms with van der Waals surface area (Å²) in [4.78, 5) is 36.2. The van der Waals surface area contributed by atoms with Crippen LogP contribution < -0.4 is 14.9 Å². The van der Waals surface area contributed by atoms with E-state index in [-0.39, 0.29) is 11.6 Å². The van der Waals surface area contributed by atoms with E-state index in [9.17, 15) is 22.8 Å². The summed E-state index contributed by atoms with van der Waals surface area (Å²) in [5, 5.41) is 4.70. The highest BCUT2D eigenvalue weighted by Crippen LogP contribution is 2.34. The SMILES string of the molecule is C[C@H](OC(=O)c1ccc2c(c1)C[C@H](C)N2S(C)(=O)=O)C(=O)NC(=O)NC(C)(C)C. The highest BCUT2D eigenvalue weighted by Gasteiger charge is 2.33. The van der Waals surface area contributed by atoms with Crippen LogP contribution >= 0.6 is 0 Å². The largest absolute Gasteiger partial charge is 0.449 e. The second-order valence-corrected chi connectivity index (χ2v) is 10.1. The van der Waals surface area contributed by atoms with Crippen molar-refractivity contribution in [1.29, 1.82) is 0 Å². The Morgan fingerprint density at radius 3 is 2.41 bits per heavy atom. The molecule has 29 heavy (non-hydrogen) atoms. The van der Waals surface area contributed by atoms with Crippen LogP contribution in [-0.4, -0.2) is 50.3 Å². The summed E-state index contributed by atoms with van der Waals surface area (Å²) in [6.45, 7) is 8.44. The first-order valence-electron chi connectivity index (χ1n) is 9.15. The molecule has 0 saturated carbocycles. The Bertz CT molecular complexity index is 936. The number of rotatable bonds is 4. The van der Waals surface area contributed by atoms with Gasteiger partial charge in [-0.2, -0.15) is 0 Å². The maximum atomic E-state index is 12.4. The quantitative estimate of drug-likeness (QED) is 0.706. The zero-order chi connectivity index (χ0) is 22.1. The molecule has 1 aromatic rings. The Morgan fingerprint density at radius 1 is 1.24 bits per heavy atom. The third-order valence-corrected chi connectivity index (χ3v) is 5.48. The van der Waals surface area contributed by atoms with E-state index in [2.05, 4.69) is 10.6 Å². The number of benzene rings is 1. The van der Waals surface area contributed by atoms with Crippen LogP contribution in [0.4, 0.5) is 10.5 Å². The summed E-state index contributed by atoms with van der Waals surface area (Å²) in [7, 11) is -3.43. The van der Waals surface area contributed by atoms with Crippen molar-refractivity contribution in [2.45, 2.75) is 58.7 Å². The van der Waals surface area contributed by atoms with Crippen LogP contribution in [0.15, 0.2) is 18.2 Å². The van der Waals surface area contributed by atoms with Gasteiger partial charge in [-0.3, -0.25) is 14.4 Å². The minimum Gasteiger partial charge on any atom is -0.449 e. The predicted molar refractivity (Wildman–Crippen MR) is 108 cm³/mol. The number of hydrogen-bond acceptors (Lipinski definition) is 6. The number of sulfonamides is 1. The van der Waals surface area contributed by atoms with Crippen LogP contribution in [0.25, 0.3) is 0 Å². The fourth-order valence-corrected chi connectivity index (χ4v) is 4.37. The van der Waals surface area contributed by atoms with Crippen LogP contribution in [0.1, 0.15) is 50.5 Å². The zero-order valence-corrected chi connectivity index (χ0v) is 18.2. The molecule has 3 amide bonds. The van der Waals surface area contributed by atoms with Gasteiger partial charge in [0, 0.05) is 11.6 Å². The van der Waals surface area contributed by atoms with Gasteiger partial charge in [-0.05, 0) is 64.8 Å². The summed E-state index contributed by atoms with van der Waals surface area (Å²) in [6, 6.07) is 3.64. The smallest absolute Gasteiger partial charge is 0.338 e. The molecule has 0 bridgehead atoms. The highest BCUT2D eigenvalue weighted by atomic mass is 32.2. The van der Waals surface area contributed by atoms with Crippen LogP contribution in [0.5, 0.6) is 0 Å². The first-order chi connectivity index (χ1) is 13.2. The van der Waals surface area contributed by atoms with E-state index in [0.29, 0.717) is 17.7 Å². The molecule has 1 heterocycles. The van der Waals surface area contributed by atoms with Crippen molar-refractivity contribution in [3.8, 4) is 0 Å². The monoisotopic (exact) mass is 425 g/mol. The number of urea groups is 1. The van der Waals surface area contributed by atoms with Gasteiger partial charge < -0.3 is 10.1 Å². The lowest BCUT2D eigenvalue weighted by Gasteiger charge is -2.22. The summed E-state index contributed by atoms with van der Waals surface area (Å²) in [5.41, 5.74) is 0.913. The molecule has 0 aliphatic carbocycles. The van der Waals surface area contributed by atoms with Crippen molar-refractivity contribution < 1.29 is 27.5 Å². The molecule has 0 spiro atoms. The van der Waals surface area contributed by atoms with Crippen molar-refractivity contribution in [2.24, 2.45) is 0 Å². The maximum Gasteiger partial charge on any atom is 0.338 e. The molecule has 9 nitrogen and oxygen atoms in total. The van der Waals surface area contributed by atoms with Gasteiger partial charge in [-0.1, -0.05) is 0 Å². The third kappa shape index (κ3) is 5.69. The van der Waals surface area contributed by atoms with Gasteiger partial charge in [0.2, 0.25) is 10.0 Å². The summed E-state index contributed by atoms with van der Waals surface area (Å²) in [5.74, 6) is -1.49. The van der Waals surface area contributed by atoms with Crippen molar-refractivity contribution in [1.82, 2.24) is 10.6 Å². The molecule has 0 aromatic heterocycles. The lowest BCUT2D eigenvalue weighted by atomic mass is 10.1. The first-order valence-corrected chi connectivity index (χ1v) is 11.0. The van der Waals surface area contributed by atoms with Gasteiger partial charge in [-0.25, -0.2) is 18.0 Å². The fourth-order valence-electron chi connectivity index (χ4n) is 3.10. The van der Waals surface area contributed by atoms with Gasteiger partial charge in [0.25, 0.3) is 5.91 Å². The molecule has 0 radical (unpaired) electrons. The molecule has 2 N–H and O–H groups in total. The number of nitrogens with zero attached hydrogens (tertiary/aromatic N) is 1. The average molecular weight is 426 g/mol. The number of nitrogens with one attached hydrogen (secondary N) is 2. The number of esters is 1. The van der Waals surface area contributed by atoms with E-state index in [0.717, 1.165) is 6.26 Å². The van der Waals surface area contributed by atoms with Crippen molar-refractivity contribution in [3.63, 3.8) is 0 Å². The number of carbonyl (C=O) groups excluding carboxylic acids is 3. The predicted octanol–water partition coefficient (Wildman–Crippen LogP) is 1.57. The van der Waals surface area contributed by atoms with E-state index in [1.165, 1.54) is 17.3 Å². The van der Waals surface area contributed by atoms with Crippen LogP contribution in [0, 0.1) is 0 Å². The van der Waals surface area contributed by atoms with Crippen molar-refractivity contribution in [2.75, 3.05) is 10.6 Å². The number of ether oxygens (including phenoxy) is 1. The minimum atomic E-state index is -3.43. The molecule has 1 aromatic carbocycles. The normalized spacial score (nSPS) is 17.3. The van der Waals surface area contributed by atoms with Gasteiger partial charge >= 0.3 is 12.0 Å². The second kappa shape index (κ2) is 8.02. The van der Waals surface area contributed by atoms with E-state index < -0.39 is 39.6 Å². The van der Waals surface area contributed by atoms with E-state index in [4.69, 9.17) is 4.74 Å². The molecule has 0 saturated heterocycles. The summed E-state index contributed by atoms with van der Waals surface area (Å²) >= 11 is 0. The Morgan fingerprint density at radius 2 is 1.86 bits per heavy atom. The van der Waals surface area contributed by atoms with Crippen LogP contribution in [-0.2, 0) is 26.0 Å². The number of amides is 3. The Kier molecular flexibility index (Phi) is 6.27. The lowest BCUT2D eigenvalue weighted by molar-refractivity contribution is -0.127. The number of imide groups is 1. The molecular formula is C19H27N3O6S. The second-order valence-electron chi connectivity index (χ2n) is 8.20. The maximum absolute atomic E-state index is 12.4. The molecule has 1 aliphatic heterocycles. The molecule has 2 rings (SSSR count). The molecular weight excluding hydrogens is 398 g/mol. The Hall–Kier alpha value is -2.62. The fraction of sp³-hybridized carbons (Fsp3) is 0.526. The minimum absolute atomic E-state index is 0.199. The first kappa shape index (κ1) is 22.7. The topological polar surface area (TPSA) is 122 Å². The summed E-state index contributed by atoms with van der Waals surface area (Å²) < 4.78 is 30.4. The Labute approximate surface area is 170 Å². The van der Waals surface area contributed by atoms with E-state index in [1.54, 1.807) is 39.8 Å². The lowest BCUT2D eigenvalue weighted by Crippen LogP contribution is -2.50. The third-order valence-electron chi connectivity index (χ3n) is 4.20. The molecule has 160 valence electrons. The van der Waals surface area contributed by atoms with Crippen molar-refractivity contribution >= 4 is 33.6 Å². The van der Waals surface area contributed by atoms with E-state index >= 15 is 0 Å². The number of carbonyl (C=O) groups is 3. The van der Waals surface area contributed by atoms with Crippen molar-refractivity contribution in [3.05, 3.63) is 29.3 Å². The zero-order valence-electron chi connectivity index (χ0n) is 17.4. The summed E-state index contributed by atoms with van der Waals surface area (Å²) in [6.07, 6.45) is 0.413. The van der Waals surface area contributed by atoms with Gasteiger partial charge in [0.15, 0.2) is 6.10 Å². The standard InChI is InChI=1S/C19H27N3O6S/c1-11-9-14-10-13(7-8-15(14)22(11)29(6,26)27)17(24)28-12(2)16(23)20-18(25)21-19(3,4)5/h7-8,10-12H,9H2,1-6H3,(H2,20,21,23,25)/t11-,12-/m0/s1. The van der Waals surface area contributed by atoms with Gasteiger partial charge in [0.1, 0.15) is 0 Å².